The maximum atomic E-state index is 12.9. The highest BCUT2D eigenvalue weighted by Crippen LogP contribution is 2.22. The Kier molecular flexibility index (Phi) is 5.05. The summed E-state index contributed by atoms with van der Waals surface area (Å²) in [5, 5.41) is 8.19. The van der Waals surface area contributed by atoms with Crippen molar-refractivity contribution in [3.63, 3.8) is 0 Å². The normalized spacial score (nSPS) is 14.0. The van der Waals surface area contributed by atoms with Gasteiger partial charge in [0.25, 0.3) is 5.91 Å². The average molecular weight is 391 g/mol. The van der Waals surface area contributed by atoms with E-state index in [1.165, 1.54) is 0 Å². The molecule has 1 fully saturated rings. The van der Waals surface area contributed by atoms with Gasteiger partial charge in [-0.1, -0.05) is 24.3 Å². The van der Waals surface area contributed by atoms with Crippen LogP contribution < -0.4 is 5.32 Å². The van der Waals surface area contributed by atoms with Crippen LogP contribution in [-0.4, -0.2) is 38.0 Å². The minimum Gasteiger partial charge on any atom is -0.348 e. The lowest BCUT2D eigenvalue weighted by atomic mass is 10.1. The second-order valence-electron chi connectivity index (χ2n) is 7.64. The number of nitrogens with one attached hydrogen (secondary N) is 1. The number of pyridine rings is 1. The summed E-state index contributed by atoms with van der Waals surface area (Å²) < 4.78 is 1.71. The third-order valence-electron chi connectivity index (χ3n) is 5.36. The first kappa shape index (κ1) is 19.1. The Balaban J connectivity index is 1.45. The summed E-state index contributed by atoms with van der Waals surface area (Å²) in [6.45, 7) is 5.69. The molecule has 1 saturated heterocycles. The van der Waals surface area contributed by atoms with Crippen LogP contribution in [0.2, 0.25) is 0 Å². The predicted octanol–water partition coefficient (Wildman–Crippen LogP) is 2.64. The number of carbonyl (C=O) groups excluding carboxylic acids is 2. The van der Waals surface area contributed by atoms with Crippen LogP contribution in [-0.2, 0) is 24.9 Å². The number of hydrogen-bond donors (Lipinski definition) is 1. The number of nitrogens with zero attached hydrogens (tertiary/aromatic N) is 4. The van der Waals surface area contributed by atoms with Crippen molar-refractivity contribution in [3.05, 3.63) is 58.4 Å². The van der Waals surface area contributed by atoms with E-state index >= 15 is 0 Å². The van der Waals surface area contributed by atoms with Gasteiger partial charge in [-0.2, -0.15) is 5.10 Å². The zero-order chi connectivity index (χ0) is 20.5. The summed E-state index contributed by atoms with van der Waals surface area (Å²) >= 11 is 0. The summed E-state index contributed by atoms with van der Waals surface area (Å²) in [5.74, 6) is 0.0920. The average Bonchev–Trinajstić information content (AvgIpc) is 3.23. The van der Waals surface area contributed by atoms with Gasteiger partial charge in [-0.25, -0.2) is 4.98 Å². The van der Waals surface area contributed by atoms with Crippen LogP contribution in [0.4, 0.5) is 0 Å². The Labute approximate surface area is 169 Å². The van der Waals surface area contributed by atoms with Crippen molar-refractivity contribution in [2.24, 2.45) is 7.05 Å². The van der Waals surface area contributed by atoms with Crippen LogP contribution in [0.3, 0.4) is 0 Å². The minimum atomic E-state index is -0.136. The fourth-order valence-electron chi connectivity index (χ4n) is 3.88. The van der Waals surface area contributed by atoms with E-state index in [2.05, 4.69) is 15.4 Å². The quantitative estimate of drug-likeness (QED) is 0.725. The molecule has 2 amide bonds. The first-order valence-corrected chi connectivity index (χ1v) is 9.87. The molecule has 0 atom stereocenters. The molecule has 3 heterocycles. The molecule has 0 saturated carbocycles. The lowest BCUT2D eigenvalue weighted by Gasteiger charge is -2.15. The standard InChI is InChI=1S/C22H25N5O2/c1-14-11-18(20-15(2)25-26(3)21(20)24-14)22(29)23-12-16-6-8-17(9-7-16)13-27-10-4-5-19(27)28/h6-9,11H,4-5,10,12-13H2,1-3H3,(H,23,29). The summed E-state index contributed by atoms with van der Waals surface area (Å²) in [5.41, 5.74) is 5.01. The fraction of sp³-hybridized carbons (Fsp3) is 0.364. The topological polar surface area (TPSA) is 80.1 Å². The maximum absolute atomic E-state index is 12.9. The van der Waals surface area contributed by atoms with E-state index in [1.54, 1.807) is 4.68 Å². The van der Waals surface area contributed by atoms with Crippen molar-refractivity contribution in [2.45, 2.75) is 39.8 Å². The monoisotopic (exact) mass is 391 g/mol. The molecule has 150 valence electrons. The predicted molar refractivity (Wildman–Crippen MR) is 110 cm³/mol. The van der Waals surface area contributed by atoms with Gasteiger partial charge in [0.15, 0.2) is 5.65 Å². The third kappa shape index (κ3) is 3.85. The zero-order valence-corrected chi connectivity index (χ0v) is 17.0. The number of hydrogen-bond acceptors (Lipinski definition) is 4. The fourth-order valence-corrected chi connectivity index (χ4v) is 3.88. The van der Waals surface area contributed by atoms with E-state index in [1.807, 2.05) is 56.1 Å². The van der Waals surface area contributed by atoms with Gasteiger partial charge in [-0.3, -0.25) is 14.3 Å². The first-order chi connectivity index (χ1) is 13.9. The van der Waals surface area contributed by atoms with E-state index in [-0.39, 0.29) is 11.8 Å². The number of benzene rings is 1. The molecule has 0 spiro atoms. The molecule has 4 rings (SSSR count). The molecule has 1 N–H and O–H groups in total. The molecule has 1 aromatic carbocycles. The van der Waals surface area contributed by atoms with Crippen LogP contribution in [0.25, 0.3) is 11.0 Å². The largest absolute Gasteiger partial charge is 0.348 e. The van der Waals surface area contributed by atoms with Gasteiger partial charge in [0.2, 0.25) is 5.91 Å². The Bertz CT molecular complexity index is 1080. The highest BCUT2D eigenvalue weighted by molar-refractivity contribution is 6.06. The van der Waals surface area contributed by atoms with Crippen molar-refractivity contribution >= 4 is 22.8 Å². The number of likely N-dealkylation sites (tertiary alicyclic amines) is 1. The highest BCUT2D eigenvalue weighted by atomic mass is 16.2. The van der Waals surface area contributed by atoms with Crippen molar-refractivity contribution < 1.29 is 9.59 Å². The van der Waals surface area contributed by atoms with E-state index in [9.17, 15) is 9.59 Å². The van der Waals surface area contributed by atoms with Gasteiger partial charge >= 0.3 is 0 Å². The van der Waals surface area contributed by atoms with Crippen LogP contribution in [0.5, 0.6) is 0 Å². The second kappa shape index (κ2) is 7.66. The van der Waals surface area contributed by atoms with Crippen LogP contribution in [0.1, 0.15) is 45.7 Å². The molecule has 1 aliphatic heterocycles. The third-order valence-corrected chi connectivity index (χ3v) is 5.36. The Hall–Kier alpha value is -3.22. The molecule has 2 aromatic heterocycles. The molecule has 7 heteroatoms. The molecule has 7 nitrogen and oxygen atoms in total. The summed E-state index contributed by atoms with van der Waals surface area (Å²) in [4.78, 5) is 31.0. The first-order valence-electron chi connectivity index (χ1n) is 9.87. The van der Waals surface area contributed by atoms with Crippen molar-refractivity contribution in [1.29, 1.82) is 0 Å². The summed E-state index contributed by atoms with van der Waals surface area (Å²) in [6.07, 6.45) is 1.60. The van der Waals surface area contributed by atoms with E-state index in [0.717, 1.165) is 40.9 Å². The molecule has 0 unspecified atom stereocenters. The highest BCUT2D eigenvalue weighted by Gasteiger charge is 2.20. The van der Waals surface area contributed by atoms with Gasteiger partial charge in [-0.15, -0.1) is 0 Å². The number of fused-ring (bicyclic) bond motifs is 1. The van der Waals surface area contributed by atoms with Crippen LogP contribution >= 0.6 is 0 Å². The van der Waals surface area contributed by atoms with Crippen molar-refractivity contribution in [2.75, 3.05) is 6.54 Å². The number of rotatable bonds is 5. The summed E-state index contributed by atoms with van der Waals surface area (Å²) in [7, 11) is 1.83. The molecule has 3 aromatic rings. The minimum absolute atomic E-state index is 0.136. The number of aromatic nitrogens is 3. The van der Waals surface area contributed by atoms with Crippen molar-refractivity contribution in [3.8, 4) is 0 Å². The van der Waals surface area contributed by atoms with Crippen LogP contribution in [0, 0.1) is 13.8 Å². The number of aryl methyl sites for hydroxylation is 3. The maximum Gasteiger partial charge on any atom is 0.252 e. The molecular formula is C22H25N5O2. The Morgan fingerprint density at radius 3 is 2.59 bits per heavy atom. The molecule has 0 radical (unpaired) electrons. The SMILES string of the molecule is Cc1cc(C(=O)NCc2ccc(CN3CCCC3=O)cc2)c2c(C)nn(C)c2n1. The lowest BCUT2D eigenvalue weighted by Crippen LogP contribution is -2.24. The summed E-state index contributed by atoms with van der Waals surface area (Å²) in [6, 6.07) is 9.85. The lowest BCUT2D eigenvalue weighted by molar-refractivity contribution is -0.128. The molecular weight excluding hydrogens is 366 g/mol. The van der Waals surface area contributed by atoms with Gasteiger partial charge in [0.05, 0.1) is 16.6 Å². The second-order valence-corrected chi connectivity index (χ2v) is 7.64. The van der Waals surface area contributed by atoms with Crippen LogP contribution in [0.15, 0.2) is 30.3 Å². The zero-order valence-electron chi connectivity index (χ0n) is 17.0. The number of amides is 2. The van der Waals surface area contributed by atoms with Gasteiger partial charge < -0.3 is 10.2 Å². The van der Waals surface area contributed by atoms with Gasteiger partial charge in [0.1, 0.15) is 0 Å². The van der Waals surface area contributed by atoms with E-state index < -0.39 is 0 Å². The van der Waals surface area contributed by atoms with Gasteiger partial charge in [-0.05, 0) is 37.5 Å². The van der Waals surface area contributed by atoms with E-state index in [4.69, 9.17) is 0 Å². The smallest absolute Gasteiger partial charge is 0.252 e. The van der Waals surface area contributed by atoms with Gasteiger partial charge in [0, 0.05) is 38.8 Å². The van der Waals surface area contributed by atoms with Crippen molar-refractivity contribution in [1.82, 2.24) is 25.0 Å². The molecule has 0 aliphatic carbocycles. The molecule has 29 heavy (non-hydrogen) atoms. The Morgan fingerprint density at radius 1 is 1.17 bits per heavy atom. The Morgan fingerprint density at radius 2 is 1.90 bits per heavy atom. The number of carbonyl (C=O) groups is 2. The molecule has 0 bridgehead atoms. The van der Waals surface area contributed by atoms with E-state index in [0.29, 0.717) is 30.7 Å². The molecule has 1 aliphatic rings.